The first-order chi connectivity index (χ1) is 12.1. The lowest BCUT2D eigenvalue weighted by Crippen LogP contribution is -1.85. The van der Waals surface area contributed by atoms with Crippen molar-refractivity contribution in [1.82, 2.24) is 9.97 Å². The van der Waals surface area contributed by atoms with E-state index in [0.717, 1.165) is 32.4 Å². The first-order valence-electron chi connectivity index (χ1n) is 7.34. The standard InChI is InChI=1S/C18H11Cl2N3S2/c19-12-6-11(7-13(20)8-12)16-15(23-18(21)25-16)17-22-14(9-24-17)10-4-2-1-3-5-10/h1-9H,(H2,21,23). The monoisotopic (exact) mass is 403 g/mol. The summed E-state index contributed by atoms with van der Waals surface area (Å²) in [7, 11) is 0. The molecule has 0 spiro atoms. The molecule has 0 saturated carbocycles. The van der Waals surface area contributed by atoms with Crippen LogP contribution in [-0.2, 0) is 0 Å². The quantitative estimate of drug-likeness (QED) is 0.425. The molecule has 0 saturated heterocycles. The van der Waals surface area contributed by atoms with Crippen molar-refractivity contribution in [1.29, 1.82) is 0 Å². The smallest absolute Gasteiger partial charge is 0.181 e. The Kier molecular flexibility index (Phi) is 4.48. The van der Waals surface area contributed by atoms with E-state index in [4.69, 9.17) is 33.9 Å². The highest BCUT2D eigenvalue weighted by Gasteiger charge is 2.18. The average molecular weight is 404 g/mol. The van der Waals surface area contributed by atoms with Crippen molar-refractivity contribution in [2.75, 3.05) is 5.73 Å². The second-order valence-electron chi connectivity index (χ2n) is 5.29. The van der Waals surface area contributed by atoms with Crippen LogP contribution in [0.1, 0.15) is 0 Å². The zero-order chi connectivity index (χ0) is 17.4. The predicted octanol–water partition coefficient (Wildman–Crippen LogP) is 6.49. The van der Waals surface area contributed by atoms with Gasteiger partial charge in [-0.2, -0.15) is 0 Å². The summed E-state index contributed by atoms with van der Waals surface area (Å²) in [5.41, 5.74) is 9.60. The first kappa shape index (κ1) is 16.5. The third kappa shape index (κ3) is 3.41. The number of benzene rings is 2. The maximum atomic E-state index is 6.14. The van der Waals surface area contributed by atoms with E-state index in [9.17, 15) is 0 Å². The van der Waals surface area contributed by atoms with Crippen LogP contribution in [0.2, 0.25) is 10.0 Å². The van der Waals surface area contributed by atoms with Crippen molar-refractivity contribution in [3.63, 3.8) is 0 Å². The molecule has 0 atom stereocenters. The molecule has 124 valence electrons. The molecule has 7 heteroatoms. The number of thiazole rings is 2. The number of hydrogen-bond acceptors (Lipinski definition) is 5. The van der Waals surface area contributed by atoms with Crippen LogP contribution >= 0.6 is 45.9 Å². The lowest BCUT2D eigenvalue weighted by Gasteiger charge is -2.02. The molecule has 0 aliphatic heterocycles. The van der Waals surface area contributed by atoms with Gasteiger partial charge >= 0.3 is 0 Å². The first-order valence-corrected chi connectivity index (χ1v) is 9.79. The Morgan fingerprint density at radius 1 is 0.880 bits per heavy atom. The van der Waals surface area contributed by atoms with Crippen LogP contribution in [-0.4, -0.2) is 9.97 Å². The summed E-state index contributed by atoms with van der Waals surface area (Å²) in [5, 5.41) is 4.47. The van der Waals surface area contributed by atoms with Gasteiger partial charge in [-0.05, 0) is 23.8 Å². The number of hydrogen-bond donors (Lipinski definition) is 1. The van der Waals surface area contributed by atoms with Crippen molar-refractivity contribution in [2.24, 2.45) is 0 Å². The van der Waals surface area contributed by atoms with Crippen LogP contribution in [0.15, 0.2) is 53.9 Å². The Bertz CT molecular complexity index is 1020. The fourth-order valence-electron chi connectivity index (χ4n) is 2.49. The maximum Gasteiger partial charge on any atom is 0.181 e. The van der Waals surface area contributed by atoms with Gasteiger partial charge in [0, 0.05) is 21.0 Å². The van der Waals surface area contributed by atoms with Gasteiger partial charge in [-0.15, -0.1) is 11.3 Å². The molecule has 0 radical (unpaired) electrons. The highest BCUT2D eigenvalue weighted by molar-refractivity contribution is 7.20. The number of nitrogen functional groups attached to an aromatic ring is 1. The molecule has 4 aromatic rings. The van der Waals surface area contributed by atoms with Crippen molar-refractivity contribution < 1.29 is 0 Å². The summed E-state index contributed by atoms with van der Waals surface area (Å²) in [6.07, 6.45) is 0. The molecular weight excluding hydrogens is 393 g/mol. The van der Waals surface area contributed by atoms with E-state index in [2.05, 4.69) is 4.98 Å². The lowest BCUT2D eigenvalue weighted by atomic mass is 10.1. The maximum absolute atomic E-state index is 6.14. The molecule has 4 rings (SSSR count). The van der Waals surface area contributed by atoms with Gasteiger partial charge < -0.3 is 5.73 Å². The number of halogens is 2. The molecule has 2 N–H and O–H groups in total. The number of nitrogens with zero attached hydrogens (tertiary/aromatic N) is 2. The number of rotatable bonds is 3. The Hall–Kier alpha value is -1.92. The topological polar surface area (TPSA) is 51.8 Å². The van der Waals surface area contributed by atoms with E-state index in [1.54, 1.807) is 6.07 Å². The van der Waals surface area contributed by atoms with Gasteiger partial charge in [0.25, 0.3) is 0 Å². The summed E-state index contributed by atoms with van der Waals surface area (Å²) < 4.78 is 0. The van der Waals surface area contributed by atoms with Crippen molar-refractivity contribution in [3.8, 4) is 32.4 Å². The third-order valence-corrected chi connectivity index (χ3v) is 5.76. The Morgan fingerprint density at radius 2 is 1.60 bits per heavy atom. The summed E-state index contributed by atoms with van der Waals surface area (Å²) in [6.45, 7) is 0. The van der Waals surface area contributed by atoms with Gasteiger partial charge in [0.1, 0.15) is 10.7 Å². The van der Waals surface area contributed by atoms with E-state index >= 15 is 0 Å². The third-order valence-electron chi connectivity index (χ3n) is 3.54. The van der Waals surface area contributed by atoms with Gasteiger partial charge in [0.05, 0.1) is 10.6 Å². The minimum Gasteiger partial charge on any atom is -0.375 e. The molecule has 0 bridgehead atoms. The normalized spacial score (nSPS) is 11.0. The van der Waals surface area contributed by atoms with Crippen LogP contribution in [0.5, 0.6) is 0 Å². The van der Waals surface area contributed by atoms with Crippen LogP contribution < -0.4 is 5.73 Å². The van der Waals surface area contributed by atoms with Gasteiger partial charge in [0.15, 0.2) is 5.13 Å². The van der Waals surface area contributed by atoms with Crippen molar-refractivity contribution >= 4 is 51.0 Å². The second-order valence-corrected chi connectivity index (χ2v) is 8.05. The van der Waals surface area contributed by atoms with Crippen LogP contribution in [0, 0.1) is 0 Å². The van der Waals surface area contributed by atoms with Crippen LogP contribution in [0.3, 0.4) is 0 Å². The van der Waals surface area contributed by atoms with E-state index in [1.807, 2.05) is 47.8 Å². The molecule has 3 nitrogen and oxygen atoms in total. The molecular formula is C18H11Cl2N3S2. The highest BCUT2D eigenvalue weighted by atomic mass is 35.5. The summed E-state index contributed by atoms with van der Waals surface area (Å²) in [5.74, 6) is 0. The number of nitrogens with two attached hydrogens (primary N) is 1. The fourth-order valence-corrected chi connectivity index (χ4v) is 4.72. The molecule has 2 heterocycles. The zero-order valence-electron chi connectivity index (χ0n) is 12.7. The SMILES string of the molecule is Nc1nc(-c2nc(-c3ccccc3)cs2)c(-c2cc(Cl)cc(Cl)c2)s1. The molecule has 2 aromatic carbocycles. The van der Waals surface area contributed by atoms with E-state index in [-0.39, 0.29) is 0 Å². The van der Waals surface area contributed by atoms with E-state index < -0.39 is 0 Å². The summed E-state index contributed by atoms with van der Waals surface area (Å²) >= 11 is 15.2. The Morgan fingerprint density at radius 3 is 2.32 bits per heavy atom. The van der Waals surface area contributed by atoms with E-state index in [0.29, 0.717) is 15.2 Å². The summed E-state index contributed by atoms with van der Waals surface area (Å²) in [6, 6.07) is 15.5. The number of anilines is 1. The molecule has 0 fully saturated rings. The van der Waals surface area contributed by atoms with Gasteiger partial charge in [-0.3, -0.25) is 0 Å². The van der Waals surface area contributed by atoms with Gasteiger partial charge in [-0.25, -0.2) is 9.97 Å². The van der Waals surface area contributed by atoms with Crippen LogP contribution in [0.4, 0.5) is 5.13 Å². The lowest BCUT2D eigenvalue weighted by molar-refractivity contribution is 1.34. The molecule has 0 aliphatic carbocycles. The minimum absolute atomic E-state index is 0.484. The molecule has 2 aromatic heterocycles. The molecule has 0 aliphatic rings. The minimum atomic E-state index is 0.484. The van der Waals surface area contributed by atoms with Crippen molar-refractivity contribution in [2.45, 2.75) is 0 Å². The largest absolute Gasteiger partial charge is 0.375 e. The second kappa shape index (κ2) is 6.77. The van der Waals surface area contributed by atoms with E-state index in [1.165, 1.54) is 22.7 Å². The van der Waals surface area contributed by atoms with Crippen LogP contribution in [0.25, 0.3) is 32.4 Å². The number of aromatic nitrogens is 2. The average Bonchev–Trinajstić information content (AvgIpc) is 3.21. The zero-order valence-corrected chi connectivity index (χ0v) is 15.9. The molecule has 25 heavy (non-hydrogen) atoms. The highest BCUT2D eigenvalue weighted by Crippen LogP contribution is 2.41. The molecule has 0 unspecified atom stereocenters. The Balaban J connectivity index is 1.81. The molecule has 0 amide bonds. The summed E-state index contributed by atoms with van der Waals surface area (Å²) in [4.78, 5) is 10.1. The predicted molar refractivity (Wildman–Crippen MR) is 109 cm³/mol. The van der Waals surface area contributed by atoms with Crippen molar-refractivity contribution in [3.05, 3.63) is 64.0 Å². The fraction of sp³-hybridized carbons (Fsp3) is 0. The van der Waals surface area contributed by atoms with Gasteiger partial charge in [0.2, 0.25) is 0 Å². The van der Waals surface area contributed by atoms with Gasteiger partial charge in [-0.1, -0.05) is 64.9 Å². The Labute approximate surface area is 162 Å².